The number of nitrogens with zero attached hydrogens (tertiary/aromatic N) is 1. The molecular formula is C10H20N2O3. The van der Waals surface area contributed by atoms with E-state index in [0.29, 0.717) is 6.54 Å². The number of amides is 1. The Morgan fingerprint density at radius 3 is 2.27 bits per heavy atom. The average molecular weight is 216 g/mol. The monoisotopic (exact) mass is 216 g/mol. The molecule has 15 heavy (non-hydrogen) atoms. The highest BCUT2D eigenvalue weighted by atomic mass is 16.4. The number of carboxylic acid groups (broad SMARTS) is 1. The fourth-order valence-electron chi connectivity index (χ4n) is 1.09. The van der Waals surface area contributed by atoms with Crippen molar-refractivity contribution in [3.8, 4) is 0 Å². The Morgan fingerprint density at radius 2 is 1.80 bits per heavy atom. The first-order chi connectivity index (χ1) is 6.81. The summed E-state index contributed by atoms with van der Waals surface area (Å²) in [7, 11) is 6.24. The lowest BCUT2D eigenvalue weighted by Gasteiger charge is -2.23. The maximum Gasteiger partial charge on any atom is 0.220 e. The normalized spacial score (nSPS) is 11.1. The molecule has 1 amide bonds. The number of hydrogen-bond acceptors (Lipinski definition) is 3. The Balaban J connectivity index is 3.44. The quantitative estimate of drug-likeness (QED) is 0.426. The van der Waals surface area contributed by atoms with Crippen molar-refractivity contribution < 1.29 is 19.2 Å². The Bertz CT molecular complexity index is 221. The molecule has 0 atom stereocenters. The van der Waals surface area contributed by atoms with Crippen molar-refractivity contribution in [1.29, 1.82) is 0 Å². The fraction of sp³-hybridized carbons (Fsp3) is 0.800. The van der Waals surface area contributed by atoms with Gasteiger partial charge in [0, 0.05) is 25.4 Å². The minimum atomic E-state index is -1.18. The van der Waals surface area contributed by atoms with Crippen molar-refractivity contribution in [2.24, 2.45) is 0 Å². The molecule has 0 aliphatic rings. The first-order valence-electron chi connectivity index (χ1n) is 5.08. The molecule has 0 bridgehead atoms. The van der Waals surface area contributed by atoms with Crippen LogP contribution in [0.15, 0.2) is 0 Å². The number of nitrogens with one attached hydrogen (secondary N) is 1. The Kier molecular flexibility index (Phi) is 5.93. The van der Waals surface area contributed by atoms with E-state index in [1.165, 1.54) is 0 Å². The molecule has 0 fully saturated rings. The van der Waals surface area contributed by atoms with Crippen LogP contribution in [0.1, 0.15) is 19.3 Å². The topological polar surface area (TPSA) is 69.2 Å². The Hall–Kier alpha value is -1.10. The molecule has 5 heteroatoms. The van der Waals surface area contributed by atoms with Crippen molar-refractivity contribution >= 4 is 11.9 Å². The van der Waals surface area contributed by atoms with Crippen LogP contribution in [0.25, 0.3) is 0 Å². The minimum Gasteiger partial charge on any atom is -0.550 e. The maximum absolute atomic E-state index is 11.1. The average Bonchev–Trinajstić information content (AvgIpc) is 2.07. The smallest absolute Gasteiger partial charge is 0.220 e. The lowest BCUT2D eigenvalue weighted by atomic mass is 10.3. The number of carbonyl (C=O) groups is 2. The highest BCUT2D eigenvalue weighted by Crippen LogP contribution is 1.92. The second-order valence-electron chi connectivity index (χ2n) is 4.59. The van der Waals surface area contributed by atoms with Crippen molar-refractivity contribution in [2.45, 2.75) is 19.3 Å². The van der Waals surface area contributed by atoms with Crippen LogP contribution >= 0.6 is 0 Å². The van der Waals surface area contributed by atoms with E-state index in [9.17, 15) is 14.7 Å². The second-order valence-corrected chi connectivity index (χ2v) is 4.59. The van der Waals surface area contributed by atoms with Gasteiger partial charge in [0.05, 0.1) is 27.7 Å². The summed E-state index contributed by atoms with van der Waals surface area (Å²) >= 11 is 0. The third-order valence-corrected chi connectivity index (χ3v) is 1.88. The lowest BCUT2D eigenvalue weighted by molar-refractivity contribution is -0.870. The van der Waals surface area contributed by atoms with Gasteiger partial charge >= 0.3 is 0 Å². The first kappa shape index (κ1) is 13.9. The van der Waals surface area contributed by atoms with Gasteiger partial charge in [0.2, 0.25) is 5.91 Å². The predicted molar refractivity (Wildman–Crippen MR) is 54.8 cm³/mol. The summed E-state index contributed by atoms with van der Waals surface area (Å²) in [5, 5.41) is 12.7. The van der Waals surface area contributed by atoms with Gasteiger partial charge in [0.1, 0.15) is 0 Å². The molecule has 0 aromatic carbocycles. The van der Waals surface area contributed by atoms with Gasteiger partial charge in [0.25, 0.3) is 0 Å². The standard InChI is InChI=1S/C10H20N2O3/c1-12(2,3)8-4-7-11-9(13)5-6-10(14)15/h4-8H2,1-3H3,(H-,11,13,14,15). The van der Waals surface area contributed by atoms with Gasteiger partial charge in [-0.3, -0.25) is 4.79 Å². The molecule has 0 saturated heterocycles. The highest BCUT2D eigenvalue weighted by Gasteiger charge is 2.06. The SMILES string of the molecule is C[N+](C)(C)CCCNC(=O)CCC(=O)[O-]. The van der Waals surface area contributed by atoms with E-state index in [1.807, 2.05) is 0 Å². The van der Waals surface area contributed by atoms with Gasteiger partial charge in [-0.25, -0.2) is 0 Å². The zero-order valence-corrected chi connectivity index (χ0v) is 9.71. The van der Waals surface area contributed by atoms with Crippen molar-refractivity contribution in [2.75, 3.05) is 34.2 Å². The van der Waals surface area contributed by atoms with Crippen LogP contribution in [0.5, 0.6) is 0 Å². The molecule has 5 nitrogen and oxygen atoms in total. The predicted octanol–water partition coefficient (Wildman–Crippen LogP) is -1.27. The van der Waals surface area contributed by atoms with Gasteiger partial charge in [-0.2, -0.15) is 0 Å². The summed E-state index contributed by atoms with van der Waals surface area (Å²) in [5.74, 6) is -1.41. The van der Waals surface area contributed by atoms with Gasteiger partial charge < -0.3 is 19.7 Å². The van der Waals surface area contributed by atoms with E-state index in [1.54, 1.807) is 0 Å². The van der Waals surface area contributed by atoms with Crippen LogP contribution in [0, 0.1) is 0 Å². The number of carbonyl (C=O) groups excluding carboxylic acids is 2. The van der Waals surface area contributed by atoms with Crippen LogP contribution in [0.4, 0.5) is 0 Å². The molecule has 0 aliphatic heterocycles. The van der Waals surface area contributed by atoms with Gasteiger partial charge in [0.15, 0.2) is 0 Å². The second kappa shape index (κ2) is 6.40. The molecule has 1 N–H and O–H groups in total. The van der Waals surface area contributed by atoms with E-state index in [4.69, 9.17) is 0 Å². The zero-order chi connectivity index (χ0) is 11.9. The molecule has 0 aromatic rings. The molecule has 0 radical (unpaired) electrons. The first-order valence-corrected chi connectivity index (χ1v) is 5.08. The van der Waals surface area contributed by atoms with E-state index >= 15 is 0 Å². The maximum atomic E-state index is 11.1. The van der Waals surface area contributed by atoms with Gasteiger partial charge in [-0.05, 0) is 6.42 Å². The Labute approximate surface area is 90.7 Å². The summed E-state index contributed by atoms with van der Waals surface area (Å²) in [6.45, 7) is 1.57. The molecular weight excluding hydrogens is 196 g/mol. The number of aliphatic carboxylic acids is 1. The van der Waals surface area contributed by atoms with Crippen molar-refractivity contribution in [3.05, 3.63) is 0 Å². The third-order valence-electron chi connectivity index (χ3n) is 1.88. The summed E-state index contributed by atoms with van der Waals surface area (Å²) < 4.78 is 0.856. The van der Waals surface area contributed by atoms with Crippen molar-refractivity contribution in [3.63, 3.8) is 0 Å². The molecule has 88 valence electrons. The number of quaternary nitrogens is 1. The molecule has 0 spiro atoms. The van der Waals surface area contributed by atoms with Crippen LogP contribution in [-0.2, 0) is 9.59 Å². The molecule has 0 aromatic heterocycles. The highest BCUT2D eigenvalue weighted by molar-refractivity contribution is 5.79. The molecule has 0 heterocycles. The van der Waals surface area contributed by atoms with E-state index in [-0.39, 0.29) is 18.7 Å². The van der Waals surface area contributed by atoms with E-state index in [0.717, 1.165) is 17.4 Å². The van der Waals surface area contributed by atoms with Crippen LogP contribution in [-0.4, -0.2) is 50.6 Å². The van der Waals surface area contributed by atoms with Gasteiger partial charge in [-0.15, -0.1) is 0 Å². The van der Waals surface area contributed by atoms with Gasteiger partial charge in [-0.1, -0.05) is 0 Å². The minimum absolute atomic E-state index is 0.00666. The largest absolute Gasteiger partial charge is 0.550 e. The number of hydrogen-bond donors (Lipinski definition) is 1. The number of rotatable bonds is 7. The van der Waals surface area contributed by atoms with Crippen LogP contribution in [0.3, 0.4) is 0 Å². The van der Waals surface area contributed by atoms with Crippen LogP contribution in [0.2, 0.25) is 0 Å². The third kappa shape index (κ3) is 10.8. The summed E-state index contributed by atoms with van der Waals surface area (Å²) in [5.41, 5.74) is 0. The molecule has 0 aliphatic carbocycles. The molecule has 0 saturated carbocycles. The molecule has 0 rings (SSSR count). The lowest BCUT2D eigenvalue weighted by Crippen LogP contribution is -2.37. The fourth-order valence-corrected chi connectivity index (χ4v) is 1.09. The van der Waals surface area contributed by atoms with E-state index in [2.05, 4.69) is 26.5 Å². The van der Waals surface area contributed by atoms with Crippen molar-refractivity contribution in [1.82, 2.24) is 5.32 Å². The van der Waals surface area contributed by atoms with Crippen LogP contribution < -0.4 is 10.4 Å². The van der Waals surface area contributed by atoms with E-state index < -0.39 is 5.97 Å². The Morgan fingerprint density at radius 1 is 1.20 bits per heavy atom. The summed E-state index contributed by atoms with van der Waals surface area (Å²) in [6.07, 6.45) is 0.689. The summed E-state index contributed by atoms with van der Waals surface area (Å²) in [6, 6.07) is 0. The summed E-state index contributed by atoms with van der Waals surface area (Å²) in [4.78, 5) is 21.1. The molecule has 0 unspecified atom stereocenters. The number of carboxylic acids is 1. The zero-order valence-electron chi connectivity index (χ0n) is 9.71.